The molecule has 0 radical (unpaired) electrons. The van der Waals surface area contributed by atoms with Gasteiger partial charge in [-0.2, -0.15) is 0 Å². The molecule has 0 fully saturated rings. The van der Waals surface area contributed by atoms with Crippen molar-refractivity contribution in [3.8, 4) is 5.75 Å². The van der Waals surface area contributed by atoms with Gasteiger partial charge < -0.3 is 20.3 Å². The van der Waals surface area contributed by atoms with E-state index < -0.39 is 0 Å². The molecule has 164 valence electrons. The van der Waals surface area contributed by atoms with Gasteiger partial charge >= 0.3 is 6.03 Å². The lowest BCUT2D eigenvalue weighted by molar-refractivity contribution is 0.0989. The summed E-state index contributed by atoms with van der Waals surface area (Å²) in [5.74, 6) is 0.635. The Hall–Kier alpha value is -3.80. The predicted octanol–water partition coefficient (Wildman–Crippen LogP) is 4.92. The van der Waals surface area contributed by atoms with Crippen LogP contribution in [0, 0.1) is 6.92 Å². The van der Waals surface area contributed by atoms with E-state index in [0.29, 0.717) is 36.7 Å². The maximum absolute atomic E-state index is 13.1. The lowest BCUT2D eigenvalue weighted by Gasteiger charge is -2.18. The van der Waals surface area contributed by atoms with Crippen LogP contribution in [-0.4, -0.2) is 25.1 Å². The minimum absolute atomic E-state index is 0.00262. The van der Waals surface area contributed by atoms with Crippen molar-refractivity contribution in [2.75, 3.05) is 23.4 Å². The van der Waals surface area contributed by atoms with Gasteiger partial charge in [-0.15, -0.1) is 0 Å². The number of nitrogens with one attached hydrogen (secondary N) is 2. The van der Waals surface area contributed by atoms with Crippen LogP contribution in [0.5, 0.6) is 5.75 Å². The van der Waals surface area contributed by atoms with Crippen LogP contribution in [-0.2, 0) is 13.0 Å². The third kappa shape index (κ3) is 4.75. The van der Waals surface area contributed by atoms with Gasteiger partial charge in [-0.3, -0.25) is 4.79 Å². The molecule has 0 atom stereocenters. The van der Waals surface area contributed by atoms with Gasteiger partial charge in [0.1, 0.15) is 5.75 Å². The van der Waals surface area contributed by atoms with Gasteiger partial charge in [0.15, 0.2) is 0 Å². The highest BCUT2D eigenvalue weighted by Gasteiger charge is 2.26. The Balaban J connectivity index is 1.43. The molecular formula is C26H27N3O3. The second-order valence-corrected chi connectivity index (χ2v) is 7.78. The number of hydrogen-bond acceptors (Lipinski definition) is 3. The van der Waals surface area contributed by atoms with E-state index in [2.05, 4.69) is 10.6 Å². The number of urea groups is 1. The Morgan fingerprint density at radius 1 is 1.03 bits per heavy atom. The van der Waals surface area contributed by atoms with Crippen molar-refractivity contribution in [1.82, 2.24) is 5.32 Å². The Bertz CT molecular complexity index is 1140. The zero-order valence-electron chi connectivity index (χ0n) is 18.4. The van der Waals surface area contributed by atoms with Crippen LogP contribution in [0.25, 0.3) is 0 Å². The standard InChI is InChI=1S/C26H27N3O3/c1-3-32-24-10-5-4-9-22(24)28-26(31)27-17-19-11-12-20-13-14-29(23(20)16-19)25(30)21-8-6-7-18(2)15-21/h4-12,15-16H,3,13-14,17H2,1-2H3,(H2,27,28,31). The largest absolute Gasteiger partial charge is 0.492 e. The number of anilines is 2. The van der Waals surface area contributed by atoms with Crippen LogP contribution in [0.1, 0.15) is 34.0 Å². The fourth-order valence-electron chi connectivity index (χ4n) is 3.88. The van der Waals surface area contributed by atoms with Crippen molar-refractivity contribution in [2.24, 2.45) is 0 Å². The number of rotatable bonds is 6. The van der Waals surface area contributed by atoms with Crippen LogP contribution in [0.15, 0.2) is 66.7 Å². The molecule has 0 saturated carbocycles. The van der Waals surface area contributed by atoms with E-state index in [1.54, 1.807) is 6.07 Å². The second kappa shape index (κ2) is 9.56. The van der Waals surface area contributed by atoms with E-state index in [9.17, 15) is 9.59 Å². The summed E-state index contributed by atoms with van der Waals surface area (Å²) < 4.78 is 5.55. The average Bonchev–Trinajstić information content (AvgIpc) is 3.22. The van der Waals surface area contributed by atoms with Crippen molar-refractivity contribution in [3.63, 3.8) is 0 Å². The second-order valence-electron chi connectivity index (χ2n) is 7.78. The number of ether oxygens (including phenoxy) is 1. The maximum atomic E-state index is 13.1. The van der Waals surface area contributed by atoms with Gasteiger partial charge in [0.05, 0.1) is 12.3 Å². The molecule has 0 unspecified atom stereocenters. The summed E-state index contributed by atoms with van der Waals surface area (Å²) in [6.45, 7) is 5.41. The zero-order chi connectivity index (χ0) is 22.5. The minimum Gasteiger partial charge on any atom is -0.492 e. The van der Waals surface area contributed by atoms with Crippen LogP contribution < -0.4 is 20.3 Å². The van der Waals surface area contributed by atoms with Crippen LogP contribution >= 0.6 is 0 Å². The first kappa shape index (κ1) is 21.4. The van der Waals surface area contributed by atoms with E-state index >= 15 is 0 Å². The van der Waals surface area contributed by atoms with Crippen molar-refractivity contribution in [2.45, 2.75) is 26.8 Å². The van der Waals surface area contributed by atoms with E-state index in [0.717, 1.165) is 28.8 Å². The monoisotopic (exact) mass is 429 g/mol. The van der Waals surface area contributed by atoms with Crippen molar-refractivity contribution in [1.29, 1.82) is 0 Å². The predicted molar refractivity (Wildman–Crippen MR) is 126 cm³/mol. The van der Waals surface area contributed by atoms with Crippen LogP contribution in [0.3, 0.4) is 0 Å². The molecule has 3 aromatic carbocycles. The molecule has 0 spiro atoms. The number of hydrogen-bond donors (Lipinski definition) is 2. The van der Waals surface area contributed by atoms with Crippen LogP contribution in [0.2, 0.25) is 0 Å². The SMILES string of the molecule is CCOc1ccccc1NC(=O)NCc1ccc2c(c1)N(C(=O)c1cccc(C)c1)CC2. The number of nitrogens with zero attached hydrogens (tertiary/aromatic N) is 1. The van der Waals surface area contributed by atoms with E-state index in [1.807, 2.05) is 79.4 Å². The van der Waals surface area contributed by atoms with Crippen LogP contribution in [0.4, 0.5) is 16.2 Å². The molecule has 0 bridgehead atoms. The Morgan fingerprint density at radius 2 is 1.88 bits per heavy atom. The molecule has 32 heavy (non-hydrogen) atoms. The Labute approximate surface area is 188 Å². The molecule has 3 aromatic rings. The fraction of sp³-hybridized carbons (Fsp3) is 0.231. The first-order valence-corrected chi connectivity index (χ1v) is 10.8. The first-order chi connectivity index (χ1) is 15.5. The smallest absolute Gasteiger partial charge is 0.319 e. The highest BCUT2D eigenvalue weighted by Crippen LogP contribution is 2.30. The van der Waals surface area contributed by atoms with E-state index in [-0.39, 0.29) is 11.9 Å². The van der Waals surface area contributed by atoms with Gasteiger partial charge in [-0.1, -0.05) is 42.0 Å². The molecule has 4 rings (SSSR count). The average molecular weight is 430 g/mol. The van der Waals surface area contributed by atoms with Gasteiger partial charge in [-0.05, 0) is 61.7 Å². The molecule has 0 aliphatic carbocycles. The third-order valence-electron chi connectivity index (χ3n) is 5.44. The Morgan fingerprint density at radius 3 is 2.69 bits per heavy atom. The van der Waals surface area contributed by atoms with Gasteiger partial charge in [0.2, 0.25) is 0 Å². The van der Waals surface area contributed by atoms with Gasteiger partial charge in [0.25, 0.3) is 5.91 Å². The normalized spacial score (nSPS) is 12.2. The molecule has 1 aliphatic heterocycles. The number of para-hydroxylation sites is 2. The molecule has 6 nitrogen and oxygen atoms in total. The highest BCUT2D eigenvalue weighted by molar-refractivity contribution is 6.07. The minimum atomic E-state index is -0.314. The number of carbonyl (C=O) groups is 2. The molecule has 3 amide bonds. The number of amides is 3. The topological polar surface area (TPSA) is 70.7 Å². The summed E-state index contributed by atoms with van der Waals surface area (Å²) in [6.07, 6.45) is 0.829. The molecule has 1 aliphatic rings. The number of benzene rings is 3. The Kier molecular flexibility index (Phi) is 6.40. The van der Waals surface area contributed by atoms with Crippen molar-refractivity contribution >= 4 is 23.3 Å². The molecule has 1 heterocycles. The summed E-state index contributed by atoms with van der Waals surface area (Å²) >= 11 is 0. The van der Waals surface area contributed by atoms with Crippen molar-refractivity contribution in [3.05, 3.63) is 89.0 Å². The lowest BCUT2D eigenvalue weighted by Crippen LogP contribution is -2.30. The molecular weight excluding hydrogens is 402 g/mol. The number of aryl methyl sites for hydroxylation is 1. The molecule has 0 aromatic heterocycles. The third-order valence-corrected chi connectivity index (χ3v) is 5.44. The summed E-state index contributed by atoms with van der Waals surface area (Å²) in [5, 5.41) is 5.71. The summed E-state index contributed by atoms with van der Waals surface area (Å²) in [7, 11) is 0. The summed E-state index contributed by atoms with van der Waals surface area (Å²) in [4.78, 5) is 27.3. The number of fused-ring (bicyclic) bond motifs is 1. The number of carbonyl (C=O) groups excluding carboxylic acids is 2. The van der Waals surface area contributed by atoms with Crippen molar-refractivity contribution < 1.29 is 14.3 Å². The molecule has 6 heteroatoms. The fourth-order valence-corrected chi connectivity index (χ4v) is 3.88. The first-order valence-electron chi connectivity index (χ1n) is 10.8. The molecule has 0 saturated heterocycles. The summed E-state index contributed by atoms with van der Waals surface area (Å²) in [6, 6.07) is 20.7. The van der Waals surface area contributed by atoms with Gasteiger partial charge in [0, 0.05) is 24.3 Å². The van der Waals surface area contributed by atoms with E-state index in [4.69, 9.17) is 4.74 Å². The quantitative estimate of drug-likeness (QED) is 0.584. The van der Waals surface area contributed by atoms with E-state index in [1.165, 1.54) is 0 Å². The summed E-state index contributed by atoms with van der Waals surface area (Å²) in [5.41, 5.74) is 5.36. The van der Waals surface area contributed by atoms with Gasteiger partial charge in [-0.25, -0.2) is 4.79 Å². The molecule has 2 N–H and O–H groups in total. The zero-order valence-corrected chi connectivity index (χ0v) is 18.4. The highest BCUT2D eigenvalue weighted by atomic mass is 16.5. The lowest BCUT2D eigenvalue weighted by atomic mass is 10.1. The maximum Gasteiger partial charge on any atom is 0.319 e.